The summed E-state index contributed by atoms with van der Waals surface area (Å²) in [5, 5.41) is 5.47. The fraction of sp³-hybridized carbons (Fsp3) is 0.526. The molecule has 0 unspecified atom stereocenters. The summed E-state index contributed by atoms with van der Waals surface area (Å²) in [6.07, 6.45) is -4.19. The molecule has 2 aliphatic heterocycles. The Morgan fingerprint density at radius 2 is 1.76 bits per heavy atom. The van der Waals surface area contributed by atoms with E-state index in [1.165, 1.54) is 12.1 Å². The third kappa shape index (κ3) is 4.80. The van der Waals surface area contributed by atoms with E-state index in [1.807, 2.05) is 0 Å². The first-order valence-corrected chi connectivity index (χ1v) is 9.22. The highest BCUT2D eigenvalue weighted by molar-refractivity contribution is 6.12. The molecule has 1 spiro atoms. The van der Waals surface area contributed by atoms with Gasteiger partial charge in [-0.15, -0.1) is 0 Å². The Kier molecular flexibility index (Phi) is 5.22. The molecule has 0 atom stereocenters. The maximum Gasteiger partial charge on any atom is 0.416 e. The van der Waals surface area contributed by atoms with Crippen LogP contribution in [0.25, 0.3) is 0 Å². The number of anilines is 1. The van der Waals surface area contributed by atoms with Gasteiger partial charge in [0.15, 0.2) is 0 Å². The van der Waals surface area contributed by atoms with E-state index >= 15 is 0 Å². The number of ether oxygens (including phenoxy) is 1. The number of piperidine rings is 1. The van der Waals surface area contributed by atoms with Crippen molar-refractivity contribution in [2.24, 2.45) is 4.99 Å². The van der Waals surface area contributed by atoms with Crippen molar-refractivity contribution in [1.82, 2.24) is 10.2 Å². The topological polar surface area (TPSA) is 83.0 Å². The number of amides is 2. The van der Waals surface area contributed by atoms with Crippen molar-refractivity contribution in [3.8, 4) is 0 Å². The van der Waals surface area contributed by atoms with Gasteiger partial charge in [0.2, 0.25) is 5.96 Å². The third-order valence-electron chi connectivity index (χ3n) is 4.70. The van der Waals surface area contributed by atoms with Gasteiger partial charge in [-0.2, -0.15) is 13.2 Å². The molecule has 0 aromatic heterocycles. The molecule has 0 bridgehead atoms. The fourth-order valence-electron chi connectivity index (χ4n) is 3.18. The predicted octanol–water partition coefficient (Wildman–Crippen LogP) is 3.37. The average Bonchev–Trinajstić information content (AvgIpc) is 2.88. The number of hydrogen-bond acceptors (Lipinski definition) is 5. The van der Waals surface area contributed by atoms with Gasteiger partial charge in [0.05, 0.1) is 5.56 Å². The van der Waals surface area contributed by atoms with E-state index in [0.717, 1.165) is 12.1 Å². The maximum absolute atomic E-state index is 12.7. The molecule has 0 aliphatic carbocycles. The molecule has 2 N–H and O–H groups in total. The minimum absolute atomic E-state index is 0.181. The highest BCUT2D eigenvalue weighted by atomic mass is 19.4. The van der Waals surface area contributed by atoms with Crippen LogP contribution in [0.1, 0.15) is 39.2 Å². The van der Waals surface area contributed by atoms with Crippen LogP contribution in [-0.4, -0.2) is 47.1 Å². The first-order chi connectivity index (χ1) is 13.4. The van der Waals surface area contributed by atoms with E-state index < -0.39 is 29.0 Å². The highest BCUT2D eigenvalue weighted by Crippen LogP contribution is 2.32. The highest BCUT2D eigenvalue weighted by Gasteiger charge is 2.47. The molecule has 2 aliphatic rings. The molecule has 2 amide bonds. The summed E-state index contributed by atoms with van der Waals surface area (Å²) in [6, 6.07) is 4.45. The van der Waals surface area contributed by atoms with Gasteiger partial charge >= 0.3 is 12.3 Å². The van der Waals surface area contributed by atoms with Crippen molar-refractivity contribution >= 4 is 23.6 Å². The quantitative estimate of drug-likeness (QED) is 0.741. The van der Waals surface area contributed by atoms with Crippen LogP contribution >= 0.6 is 0 Å². The Hall–Kier alpha value is -2.78. The van der Waals surface area contributed by atoms with Crippen molar-refractivity contribution in [3.63, 3.8) is 0 Å². The molecule has 3 rings (SSSR count). The van der Waals surface area contributed by atoms with Crippen molar-refractivity contribution in [2.45, 2.75) is 50.9 Å². The number of carbonyl (C=O) groups is 2. The van der Waals surface area contributed by atoms with Crippen LogP contribution < -0.4 is 10.6 Å². The van der Waals surface area contributed by atoms with Crippen molar-refractivity contribution in [3.05, 3.63) is 29.8 Å². The van der Waals surface area contributed by atoms with Gasteiger partial charge in [-0.1, -0.05) is 0 Å². The molecular weight excluding hydrogens is 389 g/mol. The lowest BCUT2D eigenvalue weighted by Gasteiger charge is -2.36. The van der Waals surface area contributed by atoms with E-state index in [9.17, 15) is 22.8 Å². The van der Waals surface area contributed by atoms with Crippen molar-refractivity contribution < 1.29 is 27.5 Å². The number of nitrogens with one attached hydrogen (secondary N) is 2. The number of aliphatic imine (C=N–C) groups is 1. The Bertz CT molecular complexity index is 821. The van der Waals surface area contributed by atoms with E-state index in [2.05, 4.69) is 15.6 Å². The number of nitrogens with zero attached hydrogens (tertiary/aromatic N) is 2. The molecule has 1 aromatic rings. The molecule has 0 saturated carbocycles. The second-order valence-electron chi connectivity index (χ2n) is 8.11. The fourth-order valence-corrected chi connectivity index (χ4v) is 3.18. The summed E-state index contributed by atoms with van der Waals surface area (Å²) in [4.78, 5) is 30.7. The second-order valence-corrected chi connectivity index (χ2v) is 8.11. The van der Waals surface area contributed by atoms with E-state index in [4.69, 9.17) is 4.74 Å². The van der Waals surface area contributed by atoms with Gasteiger partial charge < -0.3 is 15.0 Å². The van der Waals surface area contributed by atoms with Gasteiger partial charge in [-0.25, -0.2) is 9.79 Å². The van der Waals surface area contributed by atoms with Crippen LogP contribution in [0.15, 0.2) is 29.3 Å². The lowest BCUT2D eigenvalue weighted by molar-refractivity contribution is -0.137. The Morgan fingerprint density at radius 1 is 1.17 bits per heavy atom. The predicted molar refractivity (Wildman–Crippen MR) is 100 cm³/mol. The van der Waals surface area contributed by atoms with Gasteiger partial charge in [0, 0.05) is 18.8 Å². The number of likely N-dealkylation sites (tertiary alicyclic amines) is 1. The number of guanidine groups is 1. The summed E-state index contributed by atoms with van der Waals surface area (Å²) in [5.41, 5.74) is -1.98. The van der Waals surface area contributed by atoms with E-state index in [0.29, 0.717) is 31.6 Å². The molecule has 2 heterocycles. The molecule has 1 saturated heterocycles. The zero-order valence-electron chi connectivity index (χ0n) is 16.4. The summed E-state index contributed by atoms with van der Waals surface area (Å²) in [6.45, 7) is 5.98. The van der Waals surface area contributed by atoms with Gasteiger partial charge in [-0.05, 0) is 57.9 Å². The molecular formula is C19H23F3N4O3. The normalized spacial score (nSPS) is 19.0. The van der Waals surface area contributed by atoms with Crippen molar-refractivity contribution in [1.29, 1.82) is 0 Å². The van der Waals surface area contributed by atoms with Crippen LogP contribution in [0.5, 0.6) is 0 Å². The van der Waals surface area contributed by atoms with Crippen LogP contribution in [0.3, 0.4) is 0 Å². The van der Waals surface area contributed by atoms with Gasteiger partial charge in [0.25, 0.3) is 5.91 Å². The number of rotatable bonds is 1. The molecule has 7 nitrogen and oxygen atoms in total. The smallest absolute Gasteiger partial charge is 0.416 e. The number of halogens is 3. The molecule has 0 radical (unpaired) electrons. The third-order valence-corrected chi connectivity index (χ3v) is 4.70. The molecule has 158 valence electrons. The largest absolute Gasteiger partial charge is 0.444 e. The summed E-state index contributed by atoms with van der Waals surface area (Å²) < 4.78 is 43.3. The van der Waals surface area contributed by atoms with Gasteiger partial charge in [0.1, 0.15) is 11.1 Å². The number of hydrogen-bond donors (Lipinski definition) is 2. The minimum Gasteiger partial charge on any atom is -0.444 e. The molecule has 10 heteroatoms. The standard InChI is InChI=1S/C19H23F3N4O3/c1-17(2,3)29-16(28)26-10-8-18(9-11-26)14(27)24-15(25-18)23-13-6-4-12(5-7-13)19(20,21)22/h4-7H,8-11H2,1-3H3,(H2,23,24,25,27). The number of carbonyl (C=O) groups excluding carboxylic acids is 2. The molecule has 1 aromatic carbocycles. The monoisotopic (exact) mass is 412 g/mol. The summed E-state index contributed by atoms with van der Waals surface area (Å²) in [7, 11) is 0. The Labute approximate surface area is 166 Å². The maximum atomic E-state index is 12.7. The van der Waals surface area contributed by atoms with Crippen LogP contribution in [-0.2, 0) is 15.7 Å². The Morgan fingerprint density at radius 3 is 2.28 bits per heavy atom. The first-order valence-electron chi connectivity index (χ1n) is 9.22. The lowest BCUT2D eigenvalue weighted by atomic mass is 9.88. The number of alkyl halides is 3. The Balaban J connectivity index is 1.64. The number of benzene rings is 1. The van der Waals surface area contributed by atoms with Crippen LogP contribution in [0, 0.1) is 0 Å². The summed E-state index contributed by atoms with van der Waals surface area (Å²) >= 11 is 0. The zero-order valence-corrected chi connectivity index (χ0v) is 16.4. The van der Waals surface area contributed by atoms with E-state index in [1.54, 1.807) is 25.7 Å². The molecule has 1 fully saturated rings. The second kappa shape index (κ2) is 7.23. The van der Waals surface area contributed by atoms with Crippen LogP contribution in [0.2, 0.25) is 0 Å². The SMILES string of the molecule is CC(C)(C)OC(=O)N1CCC2(CC1)N=C(Nc1ccc(C(F)(F)F)cc1)NC2=O. The van der Waals surface area contributed by atoms with Gasteiger partial charge in [-0.3, -0.25) is 10.1 Å². The van der Waals surface area contributed by atoms with Crippen LogP contribution in [0.4, 0.5) is 23.7 Å². The average molecular weight is 412 g/mol. The summed E-state index contributed by atoms with van der Waals surface area (Å²) in [5.74, 6) is -0.115. The lowest BCUT2D eigenvalue weighted by Crippen LogP contribution is -2.51. The first kappa shape index (κ1) is 20.9. The molecule has 29 heavy (non-hydrogen) atoms. The van der Waals surface area contributed by atoms with E-state index in [-0.39, 0.29) is 11.9 Å². The minimum atomic E-state index is -4.41. The zero-order chi connectivity index (χ0) is 21.4. The van der Waals surface area contributed by atoms with Crippen molar-refractivity contribution in [2.75, 3.05) is 18.4 Å².